The topological polar surface area (TPSA) is 64.6 Å². The van der Waals surface area contributed by atoms with Gasteiger partial charge in [0.15, 0.2) is 0 Å². The van der Waals surface area contributed by atoms with Gasteiger partial charge in [0.25, 0.3) is 0 Å². The zero-order valence-electron chi connectivity index (χ0n) is 36.8. The standard InChI is InChI=1S/C54H66O7/c1-55-51-39-25-35-9-5-3-6-10-36-26-40(52(56-2)48(30-36)44-14-13-43(44)47(51)29-35)34-42-28-38-12-8-4-7-11-37-27-41(33-39)53-49(31-37)45-15-16-46(45)50(32-38)54(42)61-24-22-59-20-18-57-17-19-58-21-23-60-53/h25-32,43-46H,3-24,33-34H2,1-2H3. The molecule has 0 amide bonds. The fraction of sp³-hybridized carbons (Fsp3) is 0.556. The molecule has 1 heterocycles. The van der Waals surface area contributed by atoms with Crippen LogP contribution in [-0.2, 0) is 52.7 Å². The molecule has 2 saturated carbocycles. The lowest BCUT2D eigenvalue weighted by atomic mass is 9.64. The fourth-order valence-corrected chi connectivity index (χ4v) is 11.7. The molecule has 6 aliphatic rings. The first-order valence-corrected chi connectivity index (χ1v) is 23.8. The summed E-state index contributed by atoms with van der Waals surface area (Å²) in [7, 11) is 3.79. The number of aryl methyl sites for hydroxylation is 4. The van der Waals surface area contributed by atoms with Gasteiger partial charge in [-0.05, 0) is 167 Å². The Bertz CT molecular complexity index is 2040. The third-order valence-corrected chi connectivity index (χ3v) is 14.9. The summed E-state index contributed by atoms with van der Waals surface area (Å²) in [4.78, 5) is 0. The van der Waals surface area contributed by atoms with Crippen LogP contribution in [0.3, 0.4) is 0 Å². The van der Waals surface area contributed by atoms with Crippen LogP contribution in [0.5, 0.6) is 23.0 Å². The van der Waals surface area contributed by atoms with Crippen molar-refractivity contribution < 1.29 is 33.2 Å². The van der Waals surface area contributed by atoms with Gasteiger partial charge >= 0.3 is 0 Å². The van der Waals surface area contributed by atoms with Crippen molar-refractivity contribution in [1.29, 1.82) is 0 Å². The molecule has 4 aromatic carbocycles. The van der Waals surface area contributed by atoms with Crippen LogP contribution in [0.25, 0.3) is 0 Å². The van der Waals surface area contributed by atoms with Gasteiger partial charge in [0.2, 0.25) is 0 Å². The van der Waals surface area contributed by atoms with E-state index in [-0.39, 0.29) is 0 Å². The average Bonchev–Trinajstić information content (AvgIpc) is 3.22. The van der Waals surface area contributed by atoms with Gasteiger partial charge in [0, 0.05) is 12.8 Å². The van der Waals surface area contributed by atoms with Crippen LogP contribution in [-0.4, -0.2) is 67.1 Å². The zero-order valence-corrected chi connectivity index (χ0v) is 36.8. The van der Waals surface area contributed by atoms with Crippen LogP contribution in [0.15, 0.2) is 48.5 Å². The number of rotatable bonds is 2. The predicted molar refractivity (Wildman–Crippen MR) is 240 cm³/mol. The summed E-state index contributed by atoms with van der Waals surface area (Å²) in [5.41, 5.74) is 16.3. The minimum absolute atomic E-state index is 0.310. The number of fused-ring (bicyclic) bond motifs is 6. The molecule has 4 unspecified atom stereocenters. The second-order valence-electron chi connectivity index (χ2n) is 18.7. The van der Waals surface area contributed by atoms with Crippen molar-refractivity contribution in [3.05, 3.63) is 115 Å². The first kappa shape index (κ1) is 41.0. The van der Waals surface area contributed by atoms with E-state index in [0.29, 0.717) is 76.5 Å². The Kier molecular flexibility index (Phi) is 12.6. The Hall–Kier alpha value is -4.04. The third-order valence-electron chi connectivity index (χ3n) is 14.9. The maximum atomic E-state index is 7.06. The van der Waals surface area contributed by atoms with Gasteiger partial charge in [-0.2, -0.15) is 0 Å². The number of ether oxygens (including phenoxy) is 7. The van der Waals surface area contributed by atoms with Crippen LogP contribution in [0.2, 0.25) is 0 Å². The van der Waals surface area contributed by atoms with Crippen molar-refractivity contribution in [3.8, 4) is 23.0 Å². The first-order valence-electron chi connectivity index (χ1n) is 23.8. The summed E-state index contributed by atoms with van der Waals surface area (Å²) in [6.45, 7) is 4.11. The highest BCUT2D eigenvalue weighted by Crippen LogP contribution is 2.58. The Labute approximate surface area is 363 Å². The molecule has 5 aliphatic carbocycles. The normalized spacial score (nSPS) is 24.4. The molecule has 7 heteroatoms. The summed E-state index contributed by atoms with van der Waals surface area (Å²) in [6.07, 6.45) is 17.4. The van der Waals surface area contributed by atoms with E-state index >= 15 is 0 Å². The molecule has 0 spiro atoms. The van der Waals surface area contributed by atoms with Crippen molar-refractivity contribution in [1.82, 2.24) is 0 Å². The van der Waals surface area contributed by atoms with E-state index in [0.717, 1.165) is 87.2 Å². The molecule has 61 heavy (non-hydrogen) atoms. The molecular weight excluding hydrogens is 761 g/mol. The van der Waals surface area contributed by atoms with E-state index in [9.17, 15) is 0 Å². The highest BCUT2D eigenvalue weighted by Gasteiger charge is 2.41. The molecule has 1 aliphatic heterocycles. The van der Waals surface area contributed by atoms with Crippen LogP contribution in [0.4, 0.5) is 0 Å². The third kappa shape index (κ3) is 8.56. The van der Waals surface area contributed by atoms with Gasteiger partial charge in [-0.15, -0.1) is 0 Å². The molecule has 14 bridgehead atoms. The fourth-order valence-electron chi connectivity index (χ4n) is 11.7. The SMILES string of the molecule is COc1c2cc3cc1C1CCC1c1cc(cc(c1OC)Cc1cc4cc5c1OCCOCCOCCOCCOc1c(cc(cc1C1CCC51)CCCCC4)C2)CCCCC3. The molecular formula is C54H66O7. The molecule has 0 saturated heterocycles. The Balaban J connectivity index is 1.24. The summed E-state index contributed by atoms with van der Waals surface area (Å²) in [6, 6.07) is 20.0. The molecule has 4 aromatic rings. The van der Waals surface area contributed by atoms with Crippen molar-refractivity contribution in [2.45, 2.75) is 126 Å². The molecule has 7 nitrogen and oxygen atoms in total. The quantitative estimate of drug-likeness (QED) is 0.199. The Morgan fingerprint density at radius 1 is 0.377 bits per heavy atom. The molecule has 4 atom stereocenters. The summed E-state index contributed by atoms with van der Waals surface area (Å²) < 4.78 is 45.3. The van der Waals surface area contributed by atoms with E-state index in [2.05, 4.69) is 48.5 Å². The van der Waals surface area contributed by atoms with Gasteiger partial charge in [-0.25, -0.2) is 0 Å². The van der Waals surface area contributed by atoms with Gasteiger partial charge in [0.1, 0.15) is 36.2 Å². The van der Waals surface area contributed by atoms with Crippen molar-refractivity contribution in [2.75, 3.05) is 67.1 Å². The Morgan fingerprint density at radius 2 is 0.705 bits per heavy atom. The maximum Gasteiger partial charge on any atom is 0.126 e. The lowest BCUT2D eigenvalue weighted by Gasteiger charge is -2.41. The van der Waals surface area contributed by atoms with Crippen LogP contribution in [0.1, 0.15) is 155 Å². The highest BCUT2D eigenvalue weighted by molar-refractivity contribution is 5.59. The molecule has 0 aromatic heterocycles. The van der Waals surface area contributed by atoms with Crippen molar-refractivity contribution in [2.24, 2.45) is 0 Å². The van der Waals surface area contributed by atoms with Gasteiger partial charge in [-0.1, -0.05) is 61.4 Å². The summed E-state index contributed by atoms with van der Waals surface area (Å²) >= 11 is 0. The second-order valence-corrected chi connectivity index (χ2v) is 18.7. The van der Waals surface area contributed by atoms with Crippen LogP contribution in [0, 0.1) is 0 Å². The number of hydrogen-bond acceptors (Lipinski definition) is 7. The van der Waals surface area contributed by atoms with E-state index in [1.54, 1.807) is 0 Å². The monoisotopic (exact) mass is 826 g/mol. The molecule has 10 rings (SSSR count). The van der Waals surface area contributed by atoms with Gasteiger partial charge in [0.05, 0.1) is 53.9 Å². The highest BCUT2D eigenvalue weighted by atomic mass is 16.6. The summed E-state index contributed by atoms with van der Waals surface area (Å²) in [5.74, 6) is 5.54. The van der Waals surface area contributed by atoms with Crippen LogP contribution >= 0.6 is 0 Å². The smallest absolute Gasteiger partial charge is 0.126 e. The van der Waals surface area contributed by atoms with E-state index in [1.165, 1.54) is 105 Å². The molecule has 0 N–H and O–H groups in total. The minimum atomic E-state index is 0.310. The lowest BCUT2D eigenvalue weighted by Crippen LogP contribution is -2.25. The predicted octanol–water partition coefficient (Wildman–Crippen LogP) is 10.9. The minimum Gasteiger partial charge on any atom is -0.496 e. The molecule has 0 radical (unpaired) electrons. The zero-order chi connectivity index (χ0) is 41.1. The van der Waals surface area contributed by atoms with Crippen LogP contribution < -0.4 is 18.9 Å². The van der Waals surface area contributed by atoms with E-state index in [4.69, 9.17) is 33.2 Å². The van der Waals surface area contributed by atoms with Gasteiger partial charge < -0.3 is 33.2 Å². The molecule has 324 valence electrons. The Morgan fingerprint density at radius 3 is 1.07 bits per heavy atom. The van der Waals surface area contributed by atoms with Crippen molar-refractivity contribution in [3.63, 3.8) is 0 Å². The number of benzene rings is 4. The van der Waals surface area contributed by atoms with E-state index < -0.39 is 0 Å². The van der Waals surface area contributed by atoms with Gasteiger partial charge in [-0.3, -0.25) is 0 Å². The number of methoxy groups -OCH3 is 2. The van der Waals surface area contributed by atoms with Crippen molar-refractivity contribution >= 4 is 0 Å². The molecule has 2 fully saturated rings. The largest absolute Gasteiger partial charge is 0.496 e. The maximum absolute atomic E-state index is 7.06. The van der Waals surface area contributed by atoms with E-state index in [1.807, 2.05) is 14.2 Å². The average molecular weight is 827 g/mol. The second kappa shape index (κ2) is 18.7. The lowest BCUT2D eigenvalue weighted by molar-refractivity contribution is 0.00489. The summed E-state index contributed by atoms with van der Waals surface area (Å²) in [5, 5.41) is 0. The number of hydrogen-bond donors (Lipinski definition) is 0. The first-order chi connectivity index (χ1) is 30.1.